The van der Waals surface area contributed by atoms with Gasteiger partial charge in [0.1, 0.15) is 0 Å². The Kier molecular flexibility index (Phi) is 3.97. The van der Waals surface area contributed by atoms with Crippen LogP contribution >= 0.6 is 11.8 Å². The molecule has 0 bridgehead atoms. The molecule has 0 aliphatic carbocycles. The van der Waals surface area contributed by atoms with Crippen molar-refractivity contribution in [1.29, 1.82) is 0 Å². The normalized spacial score (nSPS) is 10.3. The van der Waals surface area contributed by atoms with E-state index in [1.807, 2.05) is 42.4 Å². The zero-order chi connectivity index (χ0) is 11.2. The maximum absolute atomic E-state index is 5.70. The molecule has 82 valence electrons. The van der Waals surface area contributed by atoms with E-state index < -0.39 is 0 Å². The average Bonchev–Trinajstić information content (AvgIpc) is 2.38. The third-order valence-corrected chi connectivity index (χ3v) is 3.44. The van der Waals surface area contributed by atoms with E-state index in [1.165, 1.54) is 16.0 Å². The molecule has 2 rings (SSSR count). The molecule has 0 saturated carbocycles. The van der Waals surface area contributed by atoms with Gasteiger partial charge in [0.15, 0.2) is 0 Å². The summed E-state index contributed by atoms with van der Waals surface area (Å²) in [5, 5.41) is 0. The summed E-state index contributed by atoms with van der Waals surface area (Å²) in [7, 11) is 0. The number of benzene rings is 1. The van der Waals surface area contributed by atoms with Gasteiger partial charge in [-0.25, -0.2) is 0 Å². The van der Waals surface area contributed by atoms with Crippen LogP contribution in [0.1, 0.15) is 11.1 Å². The molecular formula is C13H14N2S. The van der Waals surface area contributed by atoms with Crippen molar-refractivity contribution in [2.75, 3.05) is 0 Å². The SMILES string of the molecule is NCc1ccccc1CSc1ccncc1. The number of rotatable bonds is 4. The predicted octanol–water partition coefficient (Wildman–Crippen LogP) is 2.83. The van der Waals surface area contributed by atoms with Crippen molar-refractivity contribution in [1.82, 2.24) is 4.98 Å². The molecule has 2 aromatic rings. The molecule has 1 aromatic carbocycles. The van der Waals surface area contributed by atoms with E-state index in [0.29, 0.717) is 6.54 Å². The molecule has 0 atom stereocenters. The molecule has 1 heterocycles. The van der Waals surface area contributed by atoms with Gasteiger partial charge in [-0.2, -0.15) is 0 Å². The molecule has 0 amide bonds. The molecule has 2 N–H and O–H groups in total. The Balaban J connectivity index is 2.05. The number of nitrogens with zero attached hydrogens (tertiary/aromatic N) is 1. The van der Waals surface area contributed by atoms with Gasteiger partial charge in [-0.05, 0) is 23.3 Å². The van der Waals surface area contributed by atoms with Gasteiger partial charge >= 0.3 is 0 Å². The molecule has 3 heteroatoms. The van der Waals surface area contributed by atoms with Crippen LogP contribution in [0.25, 0.3) is 0 Å². The number of hydrogen-bond donors (Lipinski definition) is 1. The Morgan fingerprint density at radius 2 is 1.69 bits per heavy atom. The first kappa shape index (κ1) is 11.2. The minimum Gasteiger partial charge on any atom is -0.326 e. The average molecular weight is 230 g/mol. The predicted molar refractivity (Wildman–Crippen MR) is 68.1 cm³/mol. The van der Waals surface area contributed by atoms with Crippen molar-refractivity contribution in [3.8, 4) is 0 Å². The van der Waals surface area contributed by atoms with Gasteiger partial charge in [-0.3, -0.25) is 4.98 Å². The van der Waals surface area contributed by atoms with E-state index >= 15 is 0 Å². The molecule has 0 aliphatic heterocycles. The number of nitrogens with two attached hydrogens (primary N) is 1. The van der Waals surface area contributed by atoms with Crippen LogP contribution in [0, 0.1) is 0 Å². The van der Waals surface area contributed by atoms with Crippen LogP contribution in [-0.4, -0.2) is 4.98 Å². The third-order valence-electron chi connectivity index (χ3n) is 2.38. The van der Waals surface area contributed by atoms with E-state index in [0.717, 1.165) is 5.75 Å². The first-order valence-corrected chi connectivity index (χ1v) is 6.18. The molecule has 16 heavy (non-hydrogen) atoms. The largest absolute Gasteiger partial charge is 0.326 e. The molecule has 0 spiro atoms. The van der Waals surface area contributed by atoms with Crippen molar-refractivity contribution >= 4 is 11.8 Å². The zero-order valence-electron chi connectivity index (χ0n) is 8.97. The Bertz CT molecular complexity index is 443. The lowest BCUT2D eigenvalue weighted by atomic mass is 10.1. The lowest BCUT2D eigenvalue weighted by Gasteiger charge is -2.06. The molecular weight excluding hydrogens is 216 g/mol. The van der Waals surface area contributed by atoms with E-state index in [9.17, 15) is 0 Å². The van der Waals surface area contributed by atoms with Crippen molar-refractivity contribution in [3.05, 3.63) is 59.9 Å². The van der Waals surface area contributed by atoms with E-state index in [1.54, 1.807) is 0 Å². The Labute approximate surface area is 99.9 Å². The van der Waals surface area contributed by atoms with Gasteiger partial charge in [0, 0.05) is 29.6 Å². The lowest BCUT2D eigenvalue weighted by molar-refractivity contribution is 1.04. The molecule has 0 fully saturated rings. The van der Waals surface area contributed by atoms with E-state index in [-0.39, 0.29) is 0 Å². The summed E-state index contributed by atoms with van der Waals surface area (Å²) in [5.41, 5.74) is 8.24. The van der Waals surface area contributed by atoms with Crippen LogP contribution in [0.5, 0.6) is 0 Å². The maximum Gasteiger partial charge on any atom is 0.0278 e. The first-order chi connectivity index (χ1) is 7.90. The molecule has 2 nitrogen and oxygen atoms in total. The highest BCUT2D eigenvalue weighted by Gasteiger charge is 2.00. The molecule has 1 aromatic heterocycles. The second-order valence-corrected chi connectivity index (χ2v) is 4.49. The van der Waals surface area contributed by atoms with Gasteiger partial charge in [0.05, 0.1) is 0 Å². The number of thioether (sulfide) groups is 1. The highest BCUT2D eigenvalue weighted by Crippen LogP contribution is 2.23. The van der Waals surface area contributed by atoms with Gasteiger partial charge in [0.25, 0.3) is 0 Å². The summed E-state index contributed by atoms with van der Waals surface area (Å²) >= 11 is 1.81. The summed E-state index contributed by atoms with van der Waals surface area (Å²) in [6.45, 7) is 0.604. The summed E-state index contributed by atoms with van der Waals surface area (Å²) in [6, 6.07) is 12.4. The maximum atomic E-state index is 5.70. The minimum atomic E-state index is 0.604. The Morgan fingerprint density at radius 1 is 1.00 bits per heavy atom. The van der Waals surface area contributed by atoms with Crippen LogP contribution in [0.2, 0.25) is 0 Å². The summed E-state index contributed by atoms with van der Waals surface area (Å²) in [6.07, 6.45) is 3.63. The minimum absolute atomic E-state index is 0.604. The summed E-state index contributed by atoms with van der Waals surface area (Å²) in [4.78, 5) is 5.24. The highest BCUT2D eigenvalue weighted by atomic mass is 32.2. The van der Waals surface area contributed by atoms with E-state index in [4.69, 9.17) is 5.73 Å². The van der Waals surface area contributed by atoms with Crippen LogP contribution in [-0.2, 0) is 12.3 Å². The number of hydrogen-bond acceptors (Lipinski definition) is 3. The molecule has 0 aliphatic rings. The molecule has 0 radical (unpaired) electrons. The number of aromatic nitrogens is 1. The van der Waals surface area contributed by atoms with Gasteiger partial charge < -0.3 is 5.73 Å². The van der Waals surface area contributed by atoms with Crippen molar-refractivity contribution in [3.63, 3.8) is 0 Å². The molecule has 0 unspecified atom stereocenters. The second-order valence-electron chi connectivity index (χ2n) is 3.44. The van der Waals surface area contributed by atoms with Crippen molar-refractivity contribution < 1.29 is 0 Å². The quantitative estimate of drug-likeness (QED) is 0.821. The van der Waals surface area contributed by atoms with Crippen molar-refractivity contribution in [2.45, 2.75) is 17.2 Å². The lowest BCUT2D eigenvalue weighted by Crippen LogP contribution is -2.00. The highest BCUT2D eigenvalue weighted by molar-refractivity contribution is 7.98. The zero-order valence-corrected chi connectivity index (χ0v) is 9.78. The first-order valence-electron chi connectivity index (χ1n) is 5.20. The third kappa shape index (κ3) is 2.84. The van der Waals surface area contributed by atoms with E-state index in [2.05, 4.69) is 23.2 Å². The fourth-order valence-electron chi connectivity index (χ4n) is 1.49. The molecule has 0 saturated heterocycles. The number of pyridine rings is 1. The Morgan fingerprint density at radius 3 is 2.38 bits per heavy atom. The van der Waals surface area contributed by atoms with Gasteiger partial charge in [-0.1, -0.05) is 24.3 Å². The van der Waals surface area contributed by atoms with Gasteiger partial charge in [-0.15, -0.1) is 11.8 Å². The monoisotopic (exact) mass is 230 g/mol. The Hall–Kier alpha value is -1.32. The second kappa shape index (κ2) is 5.68. The topological polar surface area (TPSA) is 38.9 Å². The fourth-order valence-corrected chi connectivity index (χ4v) is 2.41. The van der Waals surface area contributed by atoms with Gasteiger partial charge in [0.2, 0.25) is 0 Å². The fraction of sp³-hybridized carbons (Fsp3) is 0.154. The van der Waals surface area contributed by atoms with Crippen LogP contribution < -0.4 is 5.73 Å². The van der Waals surface area contributed by atoms with Crippen LogP contribution in [0.4, 0.5) is 0 Å². The smallest absolute Gasteiger partial charge is 0.0278 e. The summed E-state index contributed by atoms with van der Waals surface area (Å²) < 4.78 is 0. The standard InChI is InChI=1S/C13H14N2S/c14-9-11-3-1-2-4-12(11)10-16-13-5-7-15-8-6-13/h1-8H,9-10,14H2. The van der Waals surface area contributed by atoms with Crippen LogP contribution in [0.15, 0.2) is 53.7 Å². The van der Waals surface area contributed by atoms with Crippen molar-refractivity contribution in [2.24, 2.45) is 5.73 Å². The van der Waals surface area contributed by atoms with Crippen LogP contribution in [0.3, 0.4) is 0 Å². The summed E-state index contributed by atoms with van der Waals surface area (Å²) in [5.74, 6) is 0.956.